The first-order valence-corrected chi connectivity index (χ1v) is 22.6. The molecule has 0 spiro atoms. The van der Waals surface area contributed by atoms with Gasteiger partial charge in [0.2, 0.25) is 0 Å². The van der Waals surface area contributed by atoms with Gasteiger partial charge in [-0.15, -0.1) is 0 Å². The molecule has 1 aliphatic rings. The van der Waals surface area contributed by atoms with Gasteiger partial charge < -0.3 is 0 Å². The van der Waals surface area contributed by atoms with Gasteiger partial charge in [0.05, 0.1) is 0 Å². The van der Waals surface area contributed by atoms with Crippen molar-refractivity contribution in [2.24, 2.45) is 5.73 Å². The van der Waals surface area contributed by atoms with E-state index in [4.69, 9.17) is 13.3 Å². The summed E-state index contributed by atoms with van der Waals surface area (Å²) in [4.78, 5) is 0. The van der Waals surface area contributed by atoms with Crippen LogP contribution < -0.4 is 5.73 Å². The maximum atomic E-state index is 12.2. The van der Waals surface area contributed by atoms with Crippen molar-refractivity contribution < 1.29 is 114 Å². The molecule has 1 aliphatic carbocycles. The molecule has 2 unspecified atom stereocenters. The van der Waals surface area contributed by atoms with Crippen molar-refractivity contribution in [3.8, 4) is 0 Å². The zero-order chi connectivity index (χ0) is 25.2. The number of hydrogen-bond acceptors (Lipinski definition) is 10. The second-order valence-electron chi connectivity index (χ2n) is 7.97. The third-order valence-electron chi connectivity index (χ3n) is 4.79. The average Bonchev–Trinajstić information content (AvgIpc) is 2.62. The summed E-state index contributed by atoms with van der Waals surface area (Å²) in [6.45, 7) is -0.659. The summed E-state index contributed by atoms with van der Waals surface area (Å²) in [5.41, 5.74) is 5.59. The second-order valence-corrected chi connectivity index (χ2v) is 29.1. The molecular weight excluding hydrogens is 936 g/mol. The standard InChI is InChI=1S/C6H11O6.C5H13NO.C2H6NO3S.Ca.ClH.Cu.Fe.HI.K.Mg.Mn.Na.H2P.Zn.5H/c7-1-2(8)4(10)6(12)5(11)3(1)9;1-6(2,3)4-5-7;3-1-2-7(4,5)6;;;;;;;;;;;;;;;;/h1-5,7-12H;4-5H2,1-3H3;2H,1,3H2,(H,4,5,6);;1H;;;1H;;;;;1H2;;;;;;/q;;;;;;;;+1;;+3;;-1;;;;;;/p-2/t1-,2-,3+,4-,5-;;;;;;;;;;;;;;;;;;/m1................../s1. The molecule has 12 nitrogen and oxygen atoms in total. The third-order valence-corrected chi connectivity index (χ3v) is 24.6. The third kappa shape index (κ3) is 14.5. The van der Waals surface area contributed by atoms with Crippen LogP contribution in [-0.4, -0.2) is 266 Å². The zero-order valence-corrected chi connectivity index (χ0v) is 33.1. The Kier molecular flexibility index (Phi) is 39.1. The minimum Gasteiger partial charge on any atom is 0 e. The van der Waals surface area contributed by atoms with Crippen LogP contribution in [-0.2, 0) is 76.0 Å². The first kappa shape index (κ1) is 60.2. The molecular formula is C13H37CaClCuFeIKMgMnN2NaO10PSZn+. The summed E-state index contributed by atoms with van der Waals surface area (Å²) in [6.07, 6.45) is -11.0. The van der Waals surface area contributed by atoms with E-state index in [1.165, 1.54) is 20.3 Å². The van der Waals surface area contributed by atoms with Crippen LogP contribution in [0.2, 0.25) is 0 Å². The molecule has 0 aromatic carbocycles. The van der Waals surface area contributed by atoms with Gasteiger partial charge in [-0.2, -0.15) is 0 Å². The van der Waals surface area contributed by atoms with Gasteiger partial charge in [0.1, 0.15) is 0 Å². The predicted octanol–water partition coefficient (Wildman–Crippen LogP) is -6.05. The van der Waals surface area contributed by atoms with Crippen molar-refractivity contribution in [2.75, 3.05) is 40.8 Å². The van der Waals surface area contributed by atoms with E-state index in [-0.39, 0.29) is 151 Å². The van der Waals surface area contributed by atoms with Crippen molar-refractivity contribution in [3.05, 3.63) is 0 Å². The van der Waals surface area contributed by atoms with Gasteiger partial charge in [0, 0.05) is 53.6 Å². The van der Waals surface area contributed by atoms with Crippen molar-refractivity contribution >= 4 is 180 Å². The van der Waals surface area contributed by atoms with Crippen LogP contribution in [0.4, 0.5) is 0 Å². The van der Waals surface area contributed by atoms with Crippen LogP contribution >= 0.6 is 32.0 Å². The quantitative estimate of drug-likeness (QED) is 0.0378. The molecule has 9 N–H and O–H groups in total. The Balaban J connectivity index is -0.000000219. The number of aliphatic hydroxyl groups excluding tert-OH is 5. The average molecular weight is 973 g/mol. The van der Waals surface area contributed by atoms with Crippen LogP contribution in [0.25, 0.3) is 0 Å². The molecule has 217 valence electrons. The minimum absolute atomic E-state index is 0. The largest absolute Gasteiger partial charge is 0 e. The molecule has 0 aromatic heterocycles. The normalized spacial score (nSPS) is 29.2. The van der Waals surface area contributed by atoms with Gasteiger partial charge in [-0.25, -0.2) is 0 Å². The number of nitrogens with zero attached hydrogens (tertiary/aromatic N) is 1. The Bertz CT molecular complexity index is 744. The number of halogens is 2. The summed E-state index contributed by atoms with van der Waals surface area (Å²) in [5.74, 6) is 0. The molecule has 24 heteroatoms. The fraction of sp³-hybridized carbons (Fsp3) is 1.00. The number of likely N-dealkylation sites (N-methyl/N-ethyl adjacent to an activating group) is 1. The van der Waals surface area contributed by atoms with Gasteiger partial charge in [0.25, 0.3) is 0 Å². The van der Waals surface area contributed by atoms with Gasteiger partial charge >= 0.3 is 326 Å². The number of aliphatic hydroxyl groups is 6. The second kappa shape index (κ2) is 24.1. The Morgan fingerprint density at radius 2 is 1.46 bits per heavy atom. The fourth-order valence-corrected chi connectivity index (χ4v) is 20.3. The molecule has 0 aromatic rings. The maximum Gasteiger partial charge on any atom is 0 e. The minimum atomic E-state index is -5.41. The topological polar surface area (TPSA) is 211 Å². The van der Waals surface area contributed by atoms with Crippen LogP contribution in [0.15, 0.2) is 0 Å². The van der Waals surface area contributed by atoms with Crippen molar-refractivity contribution in [1.29, 1.82) is 0 Å². The molecule has 0 saturated heterocycles. The van der Waals surface area contributed by atoms with E-state index in [0.717, 1.165) is 0 Å². The van der Waals surface area contributed by atoms with Crippen LogP contribution in [0.5, 0.6) is 0 Å². The van der Waals surface area contributed by atoms with E-state index in [2.05, 4.69) is 0 Å². The Hall–Kier alpha value is 7.84. The van der Waals surface area contributed by atoms with Crippen LogP contribution in [0.3, 0.4) is 0 Å². The van der Waals surface area contributed by atoms with E-state index < -0.39 is 64.3 Å². The SMILES string of the molecule is C[N+](C)(C)CC[O][Mn]([PH2])([I])([CH](CN)S(=O)(=O)O)[C@]1(O)[C@H](O)[C@H](O)[C@@H](O)[C@H](O)[C@H]1O.[CaH2].[Cl][K].[Cu].[Fe].[MgH2].[NaH].[Zn]. The van der Waals surface area contributed by atoms with E-state index in [9.17, 15) is 43.6 Å². The van der Waals surface area contributed by atoms with Gasteiger partial charge in [-0.3, -0.25) is 0 Å². The molecule has 37 heavy (non-hydrogen) atoms. The predicted molar refractivity (Wildman–Crippen MR) is 148 cm³/mol. The molecule has 8 atom stereocenters. The molecule has 1 fully saturated rings. The number of quaternary nitrogens is 1. The Labute approximate surface area is 370 Å². The first-order chi connectivity index (χ1) is 13.7. The van der Waals surface area contributed by atoms with E-state index >= 15 is 0 Å². The van der Waals surface area contributed by atoms with Crippen LogP contribution in [0, 0.1) is 0 Å². The maximum absolute atomic E-state index is 12.2. The molecule has 0 heterocycles. The van der Waals surface area contributed by atoms with Crippen molar-refractivity contribution in [1.82, 2.24) is 0 Å². The number of hydrogen-bond donors (Lipinski definition) is 8. The van der Waals surface area contributed by atoms with Crippen molar-refractivity contribution in [3.63, 3.8) is 0 Å². The van der Waals surface area contributed by atoms with E-state index in [1.807, 2.05) is 29.1 Å². The van der Waals surface area contributed by atoms with Gasteiger partial charge in [-0.1, -0.05) is 0 Å². The number of nitrogens with two attached hydrogens (primary N) is 1. The molecule has 0 bridgehead atoms. The fourth-order valence-electron chi connectivity index (χ4n) is 2.98. The van der Waals surface area contributed by atoms with E-state index in [1.54, 1.807) is 0 Å². The summed E-state index contributed by atoms with van der Waals surface area (Å²) >= 11 is 1.97. The molecule has 0 amide bonds. The first-order valence-electron chi connectivity index (χ1n) is 8.74. The summed E-state index contributed by atoms with van der Waals surface area (Å²) in [6, 6.07) is 0. The molecule has 1 radical (unpaired) electrons. The van der Waals surface area contributed by atoms with Crippen molar-refractivity contribution in [2.45, 2.75) is 39.2 Å². The Morgan fingerprint density at radius 1 is 1.14 bits per heavy atom. The van der Waals surface area contributed by atoms with Gasteiger partial charge in [-0.05, 0) is 0 Å². The summed E-state index contributed by atoms with van der Waals surface area (Å²) in [5, 5.41) is 62.8. The summed E-state index contributed by atoms with van der Waals surface area (Å²) in [7, 11) is -2.96. The van der Waals surface area contributed by atoms with E-state index in [0.29, 0.717) is 58.2 Å². The molecule has 0 aliphatic heterocycles. The number of rotatable bonds is 8. The Morgan fingerprint density at radius 3 is 1.70 bits per heavy atom. The van der Waals surface area contributed by atoms with Gasteiger partial charge in [0.15, 0.2) is 0 Å². The zero-order valence-electron chi connectivity index (χ0n) is 18.9. The van der Waals surface area contributed by atoms with Crippen LogP contribution in [0.1, 0.15) is 0 Å². The molecule has 1 saturated carbocycles. The summed E-state index contributed by atoms with van der Waals surface area (Å²) < 4.78 is 40.2. The molecule has 1 rings (SSSR count). The monoisotopic (exact) mass is 970 g/mol. The smallest absolute Gasteiger partial charge is 0 e.